The number of hydrogen-bond donors (Lipinski definition) is 0. The van der Waals surface area contributed by atoms with Crippen molar-refractivity contribution in [2.45, 2.75) is 37.9 Å². The predicted octanol–water partition coefficient (Wildman–Crippen LogP) is 5.92. The summed E-state index contributed by atoms with van der Waals surface area (Å²) in [7, 11) is 0. The van der Waals surface area contributed by atoms with Crippen molar-refractivity contribution in [2.75, 3.05) is 0 Å². The second kappa shape index (κ2) is 5.69. The van der Waals surface area contributed by atoms with Crippen LogP contribution in [0.15, 0.2) is 42.5 Å². The molecule has 0 aliphatic heterocycles. The molecule has 2 rings (SSSR count). The maximum absolute atomic E-state index is 13.4. The lowest BCUT2D eigenvalue weighted by Gasteiger charge is -2.20. The molecule has 0 aliphatic carbocycles. The number of hydrogen-bond acceptors (Lipinski definition) is 0. The third kappa shape index (κ3) is 3.29. The molecule has 1 unspecified atom stereocenters. The van der Waals surface area contributed by atoms with E-state index in [1.165, 1.54) is 11.6 Å². The van der Waals surface area contributed by atoms with E-state index in [1.807, 2.05) is 13.0 Å². The highest BCUT2D eigenvalue weighted by Crippen LogP contribution is 2.34. The molecule has 0 amide bonds. The highest BCUT2D eigenvalue weighted by molar-refractivity contribution is 9.09. The number of benzene rings is 2. The van der Waals surface area contributed by atoms with E-state index in [0.717, 1.165) is 16.7 Å². The van der Waals surface area contributed by atoms with Crippen molar-refractivity contribution >= 4 is 15.9 Å². The van der Waals surface area contributed by atoms with Crippen molar-refractivity contribution in [3.05, 3.63) is 70.5 Å². The van der Waals surface area contributed by atoms with Gasteiger partial charge < -0.3 is 0 Å². The zero-order valence-corrected chi connectivity index (χ0v) is 14.0. The van der Waals surface area contributed by atoms with E-state index >= 15 is 0 Å². The highest BCUT2D eigenvalue weighted by atomic mass is 79.9. The van der Waals surface area contributed by atoms with Gasteiger partial charge in [0.2, 0.25) is 0 Å². The SMILES string of the molecule is Cc1ccc(F)cc1C(Br)c1ccc(C(C)(C)C)cc1. The number of alkyl halides is 1. The molecule has 0 saturated heterocycles. The Morgan fingerprint density at radius 1 is 1.00 bits per heavy atom. The van der Waals surface area contributed by atoms with Gasteiger partial charge in [-0.25, -0.2) is 4.39 Å². The molecule has 0 aromatic heterocycles. The zero-order chi connectivity index (χ0) is 14.9. The smallest absolute Gasteiger partial charge is 0.123 e. The van der Waals surface area contributed by atoms with Gasteiger partial charge in [-0.05, 0) is 46.7 Å². The molecule has 106 valence electrons. The summed E-state index contributed by atoms with van der Waals surface area (Å²) < 4.78 is 13.4. The molecule has 0 saturated carbocycles. The lowest BCUT2D eigenvalue weighted by molar-refractivity contribution is 0.590. The summed E-state index contributed by atoms with van der Waals surface area (Å²) in [6.45, 7) is 8.60. The van der Waals surface area contributed by atoms with Crippen LogP contribution in [0.3, 0.4) is 0 Å². The molecule has 0 heterocycles. The molecule has 0 fully saturated rings. The molecular formula is C18H20BrF. The fourth-order valence-electron chi connectivity index (χ4n) is 2.22. The average Bonchev–Trinajstić information content (AvgIpc) is 2.40. The Hall–Kier alpha value is -1.15. The largest absolute Gasteiger partial charge is 0.207 e. The Balaban J connectivity index is 2.34. The maximum Gasteiger partial charge on any atom is 0.123 e. The van der Waals surface area contributed by atoms with E-state index in [1.54, 1.807) is 6.07 Å². The van der Waals surface area contributed by atoms with Gasteiger partial charge in [-0.3, -0.25) is 0 Å². The highest BCUT2D eigenvalue weighted by Gasteiger charge is 2.16. The molecule has 2 heteroatoms. The quantitative estimate of drug-likeness (QED) is 0.598. The average molecular weight is 335 g/mol. The van der Waals surface area contributed by atoms with Gasteiger partial charge in [0.25, 0.3) is 0 Å². The van der Waals surface area contributed by atoms with Crippen molar-refractivity contribution in [1.29, 1.82) is 0 Å². The molecule has 2 aromatic rings. The topological polar surface area (TPSA) is 0 Å². The van der Waals surface area contributed by atoms with E-state index in [4.69, 9.17) is 0 Å². The number of rotatable bonds is 2. The van der Waals surface area contributed by atoms with Crippen LogP contribution in [0.1, 0.15) is 47.9 Å². The zero-order valence-electron chi connectivity index (χ0n) is 12.4. The first-order valence-electron chi connectivity index (χ1n) is 6.79. The molecule has 1 atom stereocenters. The Morgan fingerprint density at radius 2 is 1.60 bits per heavy atom. The van der Waals surface area contributed by atoms with E-state index in [2.05, 4.69) is 61.0 Å². The summed E-state index contributed by atoms with van der Waals surface area (Å²) in [5.74, 6) is -0.193. The van der Waals surface area contributed by atoms with Crippen LogP contribution >= 0.6 is 15.9 Å². The first kappa shape index (κ1) is 15.2. The standard InChI is InChI=1S/C18H20BrF/c1-12-5-10-15(20)11-16(12)17(19)13-6-8-14(9-7-13)18(2,3)4/h5-11,17H,1-4H3. The Bertz CT molecular complexity index is 594. The molecule has 20 heavy (non-hydrogen) atoms. The summed E-state index contributed by atoms with van der Waals surface area (Å²) >= 11 is 3.69. The van der Waals surface area contributed by atoms with Gasteiger partial charge in [-0.1, -0.05) is 67.0 Å². The maximum atomic E-state index is 13.4. The third-order valence-corrected chi connectivity index (χ3v) is 4.61. The van der Waals surface area contributed by atoms with Gasteiger partial charge in [0, 0.05) is 0 Å². The minimum absolute atomic E-state index is 0.0206. The van der Waals surface area contributed by atoms with Gasteiger partial charge in [-0.2, -0.15) is 0 Å². The van der Waals surface area contributed by atoms with E-state index in [0.29, 0.717) is 0 Å². The first-order chi connectivity index (χ1) is 9.29. The second-order valence-corrected chi connectivity index (χ2v) is 7.15. The van der Waals surface area contributed by atoms with Crippen LogP contribution in [0.5, 0.6) is 0 Å². The van der Waals surface area contributed by atoms with Crippen molar-refractivity contribution in [1.82, 2.24) is 0 Å². The molecule has 0 nitrogen and oxygen atoms in total. The fourth-order valence-corrected chi connectivity index (χ4v) is 3.01. The van der Waals surface area contributed by atoms with Gasteiger partial charge in [0.15, 0.2) is 0 Å². The Kier molecular flexibility index (Phi) is 4.33. The van der Waals surface area contributed by atoms with Crippen molar-refractivity contribution in [3.8, 4) is 0 Å². The van der Waals surface area contributed by atoms with Crippen molar-refractivity contribution in [2.24, 2.45) is 0 Å². The summed E-state index contributed by atoms with van der Waals surface area (Å²) in [6, 6.07) is 13.5. The number of aryl methyl sites for hydroxylation is 1. The lowest BCUT2D eigenvalue weighted by atomic mass is 9.86. The van der Waals surface area contributed by atoms with E-state index in [-0.39, 0.29) is 16.1 Å². The van der Waals surface area contributed by atoms with Crippen LogP contribution < -0.4 is 0 Å². The fraction of sp³-hybridized carbons (Fsp3) is 0.333. The van der Waals surface area contributed by atoms with Gasteiger partial charge in [-0.15, -0.1) is 0 Å². The molecule has 0 spiro atoms. The molecule has 0 bridgehead atoms. The van der Waals surface area contributed by atoms with Crippen molar-refractivity contribution in [3.63, 3.8) is 0 Å². The monoisotopic (exact) mass is 334 g/mol. The van der Waals surface area contributed by atoms with Crippen LogP contribution in [0.2, 0.25) is 0 Å². The lowest BCUT2D eigenvalue weighted by Crippen LogP contribution is -2.10. The van der Waals surface area contributed by atoms with Gasteiger partial charge >= 0.3 is 0 Å². The van der Waals surface area contributed by atoms with Crippen LogP contribution in [0.4, 0.5) is 4.39 Å². The summed E-state index contributed by atoms with van der Waals surface area (Å²) in [4.78, 5) is 0.0206. The Labute approximate surface area is 129 Å². The van der Waals surface area contributed by atoms with E-state index in [9.17, 15) is 4.39 Å². The predicted molar refractivity (Wildman–Crippen MR) is 87.0 cm³/mol. The Morgan fingerprint density at radius 3 is 2.15 bits per heavy atom. The van der Waals surface area contributed by atoms with Gasteiger partial charge in [0.1, 0.15) is 5.82 Å². The van der Waals surface area contributed by atoms with Crippen molar-refractivity contribution < 1.29 is 4.39 Å². The van der Waals surface area contributed by atoms with Crippen LogP contribution in [-0.4, -0.2) is 0 Å². The minimum Gasteiger partial charge on any atom is -0.207 e. The minimum atomic E-state index is -0.193. The third-order valence-electron chi connectivity index (χ3n) is 3.58. The molecule has 0 N–H and O–H groups in total. The van der Waals surface area contributed by atoms with Crippen LogP contribution in [0, 0.1) is 12.7 Å². The van der Waals surface area contributed by atoms with E-state index < -0.39 is 0 Å². The summed E-state index contributed by atoms with van der Waals surface area (Å²) in [5, 5.41) is 0. The summed E-state index contributed by atoms with van der Waals surface area (Å²) in [5.41, 5.74) is 4.67. The number of halogens is 2. The summed E-state index contributed by atoms with van der Waals surface area (Å²) in [6.07, 6.45) is 0. The first-order valence-corrected chi connectivity index (χ1v) is 7.71. The molecule has 0 aliphatic rings. The normalized spacial score (nSPS) is 13.3. The molecular weight excluding hydrogens is 315 g/mol. The van der Waals surface area contributed by atoms with Gasteiger partial charge in [0.05, 0.1) is 4.83 Å². The molecule has 0 radical (unpaired) electrons. The van der Waals surface area contributed by atoms with Crippen LogP contribution in [-0.2, 0) is 5.41 Å². The molecule has 2 aromatic carbocycles. The van der Waals surface area contributed by atoms with Crippen LogP contribution in [0.25, 0.3) is 0 Å². The second-order valence-electron chi connectivity index (χ2n) is 6.24.